The molecule has 0 saturated carbocycles. The van der Waals surface area contributed by atoms with E-state index in [1.54, 1.807) is 0 Å². The second-order valence-corrected chi connectivity index (χ2v) is 4.40. The fraction of sp³-hybridized carbons (Fsp3) is 0.385. The summed E-state index contributed by atoms with van der Waals surface area (Å²) in [6.45, 7) is 5.98. The summed E-state index contributed by atoms with van der Waals surface area (Å²) < 4.78 is 5.73. The van der Waals surface area contributed by atoms with Gasteiger partial charge < -0.3 is 9.73 Å². The maximum Gasteiger partial charge on any atom is 0.153 e. The normalized spacial score (nSPS) is 11.2. The largest absolute Gasteiger partial charge is 0.458 e. The molecule has 16 heavy (non-hydrogen) atoms. The van der Waals surface area contributed by atoms with Gasteiger partial charge in [-0.05, 0) is 37.6 Å². The number of rotatable bonds is 4. The van der Waals surface area contributed by atoms with Crippen LogP contribution in [0.3, 0.4) is 0 Å². The Balaban J connectivity index is 2.29. The van der Waals surface area contributed by atoms with Crippen molar-refractivity contribution in [2.75, 3.05) is 6.54 Å². The molecule has 0 fully saturated rings. The van der Waals surface area contributed by atoms with Gasteiger partial charge in [0.25, 0.3) is 0 Å². The molecule has 1 aromatic heterocycles. The van der Waals surface area contributed by atoms with Crippen molar-refractivity contribution < 1.29 is 4.42 Å². The monoisotopic (exact) mass is 237 g/mol. The molecule has 86 valence electrons. The Labute approximate surface area is 101 Å². The number of hydrogen-bond acceptors (Lipinski definition) is 2. The lowest BCUT2D eigenvalue weighted by Gasteiger charge is -1.98. The van der Waals surface area contributed by atoms with E-state index in [0.717, 1.165) is 36.2 Å². The molecule has 0 amide bonds. The van der Waals surface area contributed by atoms with Crippen LogP contribution < -0.4 is 5.32 Å². The SMILES string of the molecule is CCCNCc1cc2c(C)ccc(Cl)c2o1. The van der Waals surface area contributed by atoms with Gasteiger partial charge in [0.15, 0.2) is 5.58 Å². The van der Waals surface area contributed by atoms with Crippen molar-refractivity contribution in [2.45, 2.75) is 26.8 Å². The molecule has 1 aromatic carbocycles. The molecule has 2 rings (SSSR count). The minimum Gasteiger partial charge on any atom is -0.458 e. The van der Waals surface area contributed by atoms with Crippen molar-refractivity contribution in [3.8, 4) is 0 Å². The van der Waals surface area contributed by atoms with Crippen LogP contribution in [-0.2, 0) is 6.54 Å². The quantitative estimate of drug-likeness (QED) is 0.816. The third kappa shape index (κ3) is 2.23. The molecule has 0 atom stereocenters. The summed E-state index contributed by atoms with van der Waals surface area (Å²) in [6, 6.07) is 5.97. The van der Waals surface area contributed by atoms with E-state index in [-0.39, 0.29) is 0 Å². The molecule has 0 unspecified atom stereocenters. The average molecular weight is 238 g/mol. The van der Waals surface area contributed by atoms with E-state index in [2.05, 4.69) is 25.2 Å². The van der Waals surface area contributed by atoms with Crippen LogP contribution in [0.2, 0.25) is 5.02 Å². The third-order valence-corrected chi connectivity index (χ3v) is 2.93. The van der Waals surface area contributed by atoms with Crippen LogP contribution in [0.4, 0.5) is 0 Å². The zero-order valence-corrected chi connectivity index (χ0v) is 10.4. The molecular formula is C13H16ClNO. The second kappa shape index (κ2) is 4.89. The van der Waals surface area contributed by atoms with E-state index in [9.17, 15) is 0 Å². The molecule has 0 radical (unpaired) electrons. The second-order valence-electron chi connectivity index (χ2n) is 4.00. The van der Waals surface area contributed by atoms with Crippen molar-refractivity contribution in [3.63, 3.8) is 0 Å². The van der Waals surface area contributed by atoms with E-state index in [1.807, 2.05) is 12.1 Å². The van der Waals surface area contributed by atoms with Crippen LogP contribution in [0, 0.1) is 6.92 Å². The van der Waals surface area contributed by atoms with Crippen LogP contribution in [0.25, 0.3) is 11.0 Å². The molecule has 0 saturated heterocycles. The number of furan rings is 1. The van der Waals surface area contributed by atoms with E-state index in [0.29, 0.717) is 5.02 Å². The van der Waals surface area contributed by atoms with Gasteiger partial charge in [-0.1, -0.05) is 24.6 Å². The zero-order chi connectivity index (χ0) is 11.5. The highest BCUT2D eigenvalue weighted by atomic mass is 35.5. The van der Waals surface area contributed by atoms with Crippen molar-refractivity contribution in [2.24, 2.45) is 0 Å². The van der Waals surface area contributed by atoms with Crippen LogP contribution in [0.15, 0.2) is 22.6 Å². The summed E-state index contributed by atoms with van der Waals surface area (Å²) >= 11 is 6.09. The molecule has 0 bridgehead atoms. The number of aryl methyl sites for hydroxylation is 1. The highest BCUT2D eigenvalue weighted by Crippen LogP contribution is 2.29. The number of halogens is 1. The summed E-state index contributed by atoms with van der Waals surface area (Å²) in [5.41, 5.74) is 2.00. The third-order valence-electron chi connectivity index (χ3n) is 2.63. The lowest BCUT2D eigenvalue weighted by molar-refractivity contribution is 0.513. The molecule has 0 spiro atoms. The van der Waals surface area contributed by atoms with Gasteiger partial charge in [0, 0.05) is 5.39 Å². The molecule has 1 heterocycles. The number of benzene rings is 1. The topological polar surface area (TPSA) is 25.2 Å². The maximum atomic E-state index is 6.09. The molecule has 1 N–H and O–H groups in total. The van der Waals surface area contributed by atoms with Crippen LogP contribution in [0.1, 0.15) is 24.7 Å². The van der Waals surface area contributed by atoms with E-state index in [1.165, 1.54) is 5.56 Å². The minimum absolute atomic E-state index is 0.683. The number of hydrogen-bond donors (Lipinski definition) is 1. The van der Waals surface area contributed by atoms with Crippen molar-refractivity contribution in [1.82, 2.24) is 5.32 Å². The Morgan fingerprint density at radius 3 is 2.88 bits per heavy atom. The lowest BCUT2D eigenvalue weighted by atomic mass is 10.1. The minimum atomic E-state index is 0.683. The first-order valence-electron chi connectivity index (χ1n) is 5.60. The molecule has 3 heteroatoms. The number of nitrogens with one attached hydrogen (secondary N) is 1. The van der Waals surface area contributed by atoms with Gasteiger partial charge in [-0.25, -0.2) is 0 Å². The van der Waals surface area contributed by atoms with Crippen LogP contribution in [0.5, 0.6) is 0 Å². The molecule has 2 nitrogen and oxygen atoms in total. The maximum absolute atomic E-state index is 6.09. The first-order valence-corrected chi connectivity index (χ1v) is 5.98. The Morgan fingerprint density at radius 1 is 1.38 bits per heavy atom. The summed E-state index contributed by atoms with van der Waals surface area (Å²) in [7, 11) is 0. The van der Waals surface area contributed by atoms with Gasteiger partial charge in [-0.15, -0.1) is 0 Å². The van der Waals surface area contributed by atoms with Gasteiger partial charge in [0.2, 0.25) is 0 Å². The van der Waals surface area contributed by atoms with Gasteiger partial charge in [0.1, 0.15) is 5.76 Å². The van der Waals surface area contributed by atoms with Gasteiger partial charge in [0.05, 0.1) is 11.6 Å². The standard InChI is InChI=1S/C13H16ClNO/c1-3-6-15-8-10-7-11-9(2)4-5-12(14)13(11)16-10/h4-5,7,15H,3,6,8H2,1-2H3. The van der Waals surface area contributed by atoms with Crippen LogP contribution in [-0.4, -0.2) is 6.54 Å². The fourth-order valence-electron chi connectivity index (χ4n) is 1.75. The van der Waals surface area contributed by atoms with Gasteiger partial charge in [-0.2, -0.15) is 0 Å². The fourth-order valence-corrected chi connectivity index (χ4v) is 1.95. The first-order chi connectivity index (χ1) is 7.72. The van der Waals surface area contributed by atoms with Crippen molar-refractivity contribution in [1.29, 1.82) is 0 Å². The summed E-state index contributed by atoms with van der Waals surface area (Å²) in [6.07, 6.45) is 1.13. The Kier molecular flexibility index (Phi) is 3.52. The Bertz CT molecular complexity index is 451. The molecule has 0 aliphatic heterocycles. The Hall–Kier alpha value is -0.990. The first kappa shape index (κ1) is 11.5. The molecule has 0 aliphatic rings. The van der Waals surface area contributed by atoms with Gasteiger partial charge >= 0.3 is 0 Å². The van der Waals surface area contributed by atoms with Crippen molar-refractivity contribution >= 4 is 22.6 Å². The smallest absolute Gasteiger partial charge is 0.153 e. The summed E-state index contributed by atoms with van der Waals surface area (Å²) in [4.78, 5) is 0. The predicted octanol–water partition coefficient (Wildman–Crippen LogP) is 3.89. The average Bonchev–Trinajstić information content (AvgIpc) is 2.69. The van der Waals surface area contributed by atoms with E-state index < -0.39 is 0 Å². The highest BCUT2D eigenvalue weighted by Gasteiger charge is 2.08. The summed E-state index contributed by atoms with van der Waals surface area (Å²) in [5, 5.41) is 5.11. The lowest BCUT2D eigenvalue weighted by Crippen LogP contribution is -2.12. The Morgan fingerprint density at radius 2 is 2.19 bits per heavy atom. The molecule has 0 aliphatic carbocycles. The molecular weight excluding hydrogens is 222 g/mol. The van der Waals surface area contributed by atoms with Gasteiger partial charge in [-0.3, -0.25) is 0 Å². The predicted molar refractivity (Wildman–Crippen MR) is 68.0 cm³/mol. The molecule has 2 aromatic rings. The zero-order valence-electron chi connectivity index (χ0n) is 9.64. The highest BCUT2D eigenvalue weighted by molar-refractivity contribution is 6.34. The van der Waals surface area contributed by atoms with Crippen LogP contribution >= 0.6 is 11.6 Å². The van der Waals surface area contributed by atoms with Crippen molar-refractivity contribution in [3.05, 3.63) is 34.5 Å². The van der Waals surface area contributed by atoms with E-state index in [4.69, 9.17) is 16.0 Å². The summed E-state index contributed by atoms with van der Waals surface area (Å²) in [5.74, 6) is 0.944. The number of fused-ring (bicyclic) bond motifs is 1. The van der Waals surface area contributed by atoms with E-state index >= 15 is 0 Å².